The van der Waals surface area contributed by atoms with Crippen molar-refractivity contribution < 1.29 is 19.1 Å². The maximum absolute atomic E-state index is 13.4. The Bertz CT molecular complexity index is 918. The molecule has 1 fully saturated rings. The van der Waals surface area contributed by atoms with Crippen LogP contribution in [0.25, 0.3) is 0 Å². The molecule has 0 aromatic heterocycles. The third kappa shape index (κ3) is 6.07. The summed E-state index contributed by atoms with van der Waals surface area (Å²) in [6.45, 7) is 3.92. The fourth-order valence-corrected chi connectivity index (χ4v) is 3.79. The second kappa shape index (κ2) is 10.4. The van der Waals surface area contributed by atoms with Gasteiger partial charge in [0.05, 0.1) is 6.10 Å². The van der Waals surface area contributed by atoms with Crippen molar-refractivity contribution in [1.29, 1.82) is 0 Å². The van der Waals surface area contributed by atoms with Crippen LogP contribution in [0.5, 0.6) is 0 Å². The second-order valence-electron chi connectivity index (χ2n) is 7.63. The first-order valence-electron chi connectivity index (χ1n) is 10.2. The molecule has 0 unspecified atom stereocenters. The lowest BCUT2D eigenvalue weighted by Gasteiger charge is -2.29. The van der Waals surface area contributed by atoms with Crippen molar-refractivity contribution in [2.24, 2.45) is 0 Å². The Balaban J connectivity index is 1.77. The third-order valence-electron chi connectivity index (χ3n) is 4.94. The van der Waals surface area contributed by atoms with Gasteiger partial charge in [0.1, 0.15) is 12.1 Å². The zero-order valence-electron chi connectivity index (χ0n) is 17.5. The average molecular weight is 488 g/mol. The van der Waals surface area contributed by atoms with Gasteiger partial charge in [-0.05, 0) is 56.5 Å². The van der Waals surface area contributed by atoms with Crippen LogP contribution < -0.4 is 10.6 Å². The third-order valence-corrected chi connectivity index (χ3v) is 5.46. The molecule has 0 radical (unpaired) electrons. The van der Waals surface area contributed by atoms with E-state index in [1.807, 2.05) is 18.2 Å². The monoisotopic (exact) mass is 487 g/mol. The molecule has 164 valence electrons. The van der Waals surface area contributed by atoms with Gasteiger partial charge in [0.15, 0.2) is 0 Å². The number of ether oxygens (including phenoxy) is 1. The van der Waals surface area contributed by atoms with E-state index in [9.17, 15) is 14.4 Å². The average Bonchev–Trinajstić information content (AvgIpc) is 3.23. The molecule has 2 aromatic carbocycles. The maximum Gasteiger partial charge on any atom is 0.408 e. The van der Waals surface area contributed by atoms with Gasteiger partial charge in [-0.1, -0.05) is 46.3 Å². The number of alkyl carbamates (subject to hydrolysis) is 1. The Morgan fingerprint density at radius 1 is 1.06 bits per heavy atom. The quantitative estimate of drug-likeness (QED) is 0.637. The van der Waals surface area contributed by atoms with E-state index in [0.29, 0.717) is 30.6 Å². The second-order valence-corrected chi connectivity index (χ2v) is 8.54. The molecular weight excluding hydrogens is 462 g/mol. The topological polar surface area (TPSA) is 87.7 Å². The molecule has 1 heterocycles. The summed E-state index contributed by atoms with van der Waals surface area (Å²) in [7, 11) is 0. The van der Waals surface area contributed by atoms with Gasteiger partial charge in [-0.2, -0.15) is 0 Å². The molecule has 3 amide bonds. The molecule has 7 nitrogen and oxygen atoms in total. The highest BCUT2D eigenvalue weighted by Gasteiger charge is 2.38. The molecule has 2 N–H and O–H groups in total. The number of nitrogens with one attached hydrogen (secondary N) is 2. The molecule has 3 rings (SSSR count). The molecular formula is C23H26BrN3O4. The lowest BCUT2D eigenvalue weighted by atomic mass is 10.0. The van der Waals surface area contributed by atoms with Crippen molar-refractivity contribution in [3.63, 3.8) is 0 Å². The van der Waals surface area contributed by atoms with Crippen LogP contribution in [-0.2, 0) is 14.3 Å². The van der Waals surface area contributed by atoms with E-state index in [1.165, 1.54) is 0 Å². The van der Waals surface area contributed by atoms with Crippen LogP contribution >= 0.6 is 15.9 Å². The van der Waals surface area contributed by atoms with Crippen molar-refractivity contribution in [3.8, 4) is 0 Å². The van der Waals surface area contributed by atoms with Crippen molar-refractivity contribution in [2.75, 3.05) is 11.9 Å². The first kappa shape index (κ1) is 22.8. The molecule has 0 aliphatic carbocycles. The largest absolute Gasteiger partial charge is 0.447 e. The standard InChI is InChI=1S/C23H26BrN3O4/c1-15(2)31-23(30)26-20(16-7-4-3-5-8-16)22(29)27-14-6-9-19(27)21(28)25-18-12-10-17(24)11-13-18/h3-5,7-8,10-13,15,19-20H,6,9,14H2,1-2H3,(H,25,28)(H,26,30)/t19-,20+/m0/s1. The fraction of sp³-hybridized carbons (Fsp3) is 0.348. The van der Waals surface area contributed by atoms with Crippen LogP contribution in [0.1, 0.15) is 38.3 Å². The molecule has 8 heteroatoms. The first-order chi connectivity index (χ1) is 14.8. The van der Waals surface area contributed by atoms with E-state index in [0.717, 1.165) is 4.47 Å². The predicted molar refractivity (Wildman–Crippen MR) is 121 cm³/mol. The molecule has 1 aliphatic rings. The number of halogens is 1. The Morgan fingerprint density at radius 3 is 2.39 bits per heavy atom. The smallest absolute Gasteiger partial charge is 0.408 e. The lowest BCUT2D eigenvalue weighted by molar-refractivity contribution is -0.138. The Labute approximate surface area is 190 Å². The predicted octanol–water partition coefficient (Wildman–Crippen LogP) is 4.25. The van der Waals surface area contributed by atoms with Crippen molar-refractivity contribution in [3.05, 3.63) is 64.6 Å². The molecule has 2 atom stereocenters. The number of hydrogen-bond donors (Lipinski definition) is 2. The van der Waals surface area contributed by atoms with E-state index in [1.54, 1.807) is 55.1 Å². The van der Waals surface area contributed by atoms with Gasteiger partial charge in [-0.15, -0.1) is 0 Å². The van der Waals surface area contributed by atoms with Crippen LogP contribution in [0, 0.1) is 0 Å². The number of benzene rings is 2. The van der Waals surface area contributed by atoms with Crippen LogP contribution in [0.4, 0.5) is 10.5 Å². The van der Waals surface area contributed by atoms with E-state index >= 15 is 0 Å². The van der Waals surface area contributed by atoms with Gasteiger partial charge in [-0.25, -0.2) is 4.79 Å². The fourth-order valence-electron chi connectivity index (χ4n) is 3.53. The molecule has 2 aromatic rings. The van der Waals surface area contributed by atoms with E-state index in [4.69, 9.17) is 4.74 Å². The molecule has 0 saturated carbocycles. The SMILES string of the molecule is CC(C)OC(=O)N[C@@H](C(=O)N1CCC[C@H]1C(=O)Nc1ccc(Br)cc1)c1ccccc1. The van der Waals surface area contributed by atoms with Crippen molar-refractivity contribution >= 4 is 39.5 Å². The van der Waals surface area contributed by atoms with Gasteiger partial charge in [0.2, 0.25) is 5.91 Å². The molecule has 1 saturated heterocycles. The number of likely N-dealkylation sites (tertiary alicyclic amines) is 1. The summed E-state index contributed by atoms with van der Waals surface area (Å²) in [5.41, 5.74) is 1.29. The summed E-state index contributed by atoms with van der Waals surface area (Å²) in [5.74, 6) is -0.579. The minimum Gasteiger partial charge on any atom is -0.447 e. The highest BCUT2D eigenvalue weighted by molar-refractivity contribution is 9.10. The number of hydrogen-bond acceptors (Lipinski definition) is 4. The molecule has 0 bridgehead atoms. The zero-order chi connectivity index (χ0) is 22.4. The molecule has 31 heavy (non-hydrogen) atoms. The summed E-state index contributed by atoms with van der Waals surface area (Å²) in [6.07, 6.45) is 0.281. The highest BCUT2D eigenvalue weighted by atomic mass is 79.9. The van der Waals surface area contributed by atoms with Gasteiger partial charge in [-0.3, -0.25) is 9.59 Å². The van der Waals surface area contributed by atoms with Crippen molar-refractivity contribution in [1.82, 2.24) is 10.2 Å². The summed E-state index contributed by atoms with van der Waals surface area (Å²) >= 11 is 3.37. The number of carbonyl (C=O) groups excluding carboxylic acids is 3. The number of rotatable bonds is 6. The van der Waals surface area contributed by atoms with Crippen LogP contribution in [0.15, 0.2) is 59.1 Å². The summed E-state index contributed by atoms with van der Waals surface area (Å²) in [4.78, 5) is 40.2. The minimum absolute atomic E-state index is 0.246. The summed E-state index contributed by atoms with van der Waals surface area (Å²) < 4.78 is 6.08. The number of nitrogens with zero attached hydrogens (tertiary/aromatic N) is 1. The van der Waals surface area contributed by atoms with Gasteiger partial charge >= 0.3 is 6.09 Å². The van der Waals surface area contributed by atoms with Crippen LogP contribution in [-0.4, -0.2) is 41.5 Å². The maximum atomic E-state index is 13.4. The normalized spacial score (nSPS) is 16.6. The molecule has 0 spiro atoms. The Hall–Kier alpha value is -2.87. The highest BCUT2D eigenvalue weighted by Crippen LogP contribution is 2.25. The first-order valence-corrected chi connectivity index (χ1v) is 11.0. The number of carbonyl (C=O) groups is 3. The van der Waals surface area contributed by atoms with Crippen LogP contribution in [0.3, 0.4) is 0 Å². The Morgan fingerprint density at radius 2 is 1.74 bits per heavy atom. The van der Waals surface area contributed by atoms with Crippen LogP contribution in [0.2, 0.25) is 0 Å². The van der Waals surface area contributed by atoms with Gasteiger partial charge in [0.25, 0.3) is 5.91 Å². The van der Waals surface area contributed by atoms with E-state index < -0.39 is 18.2 Å². The van der Waals surface area contributed by atoms with Crippen molar-refractivity contribution in [2.45, 2.75) is 44.9 Å². The van der Waals surface area contributed by atoms with E-state index in [2.05, 4.69) is 26.6 Å². The summed E-state index contributed by atoms with van der Waals surface area (Å²) in [6, 6.07) is 14.7. The number of amides is 3. The Kier molecular flexibility index (Phi) is 7.68. The minimum atomic E-state index is -0.937. The summed E-state index contributed by atoms with van der Waals surface area (Å²) in [5, 5.41) is 5.54. The lowest BCUT2D eigenvalue weighted by Crippen LogP contribution is -2.48. The number of anilines is 1. The van der Waals surface area contributed by atoms with Gasteiger partial charge < -0.3 is 20.3 Å². The molecule has 1 aliphatic heterocycles. The van der Waals surface area contributed by atoms with Gasteiger partial charge in [0, 0.05) is 16.7 Å². The van der Waals surface area contributed by atoms with E-state index in [-0.39, 0.29) is 17.9 Å². The zero-order valence-corrected chi connectivity index (χ0v) is 19.1.